The molecule has 0 saturated carbocycles. The van der Waals surface area contributed by atoms with Crippen LogP contribution in [0.3, 0.4) is 0 Å². The highest BCUT2D eigenvalue weighted by Crippen LogP contribution is 2.26. The standard InChI is InChI=1S/C20H12ClNO3/c21-14-6-8-18-16(10-14)19(24)17(11-23)20(25-18)22-15-7-5-12-3-1-2-4-13(12)9-15/h1-11,22H. The summed E-state index contributed by atoms with van der Waals surface area (Å²) in [5, 5.41) is 5.85. The Morgan fingerprint density at radius 3 is 2.56 bits per heavy atom. The normalized spacial score (nSPS) is 10.9. The molecule has 0 fully saturated rings. The molecule has 4 aromatic rings. The van der Waals surface area contributed by atoms with Gasteiger partial charge in [-0.25, -0.2) is 0 Å². The predicted molar refractivity (Wildman–Crippen MR) is 100 cm³/mol. The van der Waals surface area contributed by atoms with Gasteiger partial charge in [0.05, 0.1) is 5.39 Å². The molecule has 4 rings (SSSR count). The number of rotatable bonds is 3. The van der Waals surface area contributed by atoms with Gasteiger partial charge < -0.3 is 9.73 Å². The van der Waals surface area contributed by atoms with E-state index in [0.29, 0.717) is 16.9 Å². The van der Waals surface area contributed by atoms with Crippen LogP contribution in [0.5, 0.6) is 0 Å². The summed E-state index contributed by atoms with van der Waals surface area (Å²) >= 11 is 5.93. The molecule has 1 aromatic heterocycles. The zero-order valence-electron chi connectivity index (χ0n) is 13.0. The maximum Gasteiger partial charge on any atom is 0.212 e. The first-order valence-corrected chi connectivity index (χ1v) is 8.01. The molecule has 0 unspecified atom stereocenters. The molecule has 1 heterocycles. The summed E-state index contributed by atoms with van der Waals surface area (Å²) in [5.41, 5.74) is 0.603. The van der Waals surface area contributed by atoms with Crippen molar-refractivity contribution in [1.82, 2.24) is 0 Å². The number of hydrogen-bond acceptors (Lipinski definition) is 4. The van der Waals surface area contributed by atoms with E-state index in [4.69, 9.17) is 16.0 Å². The number of carbonyl (C=O) groups excluding carboxylic acids is 1. The van der Waals surface area contributed by atoms with Gasteiger partial charge in [-0.1, -0.05) is 41.9 Å². The third-order valence-electron chi connectivity index (χ3n) is 4.01. The second-order valence-corrected chi connectivity index (χ2v) is 6.06. The van der Waals surface area contributed by atoms with E-state index < -0.39 is 5.43 Å². The summed E-state index contributed by atoms with van der Waals surface area (Å²) in [4.78, 5) is 24.0. The van der Waals surface area contributed by atoms with Gasteiger partial charge in [-0.2, -0.15) is 0 Å². The fourth-order valence-electron chi connectivity index (χ4n) is 2.78. The van der Waals surface area contributed by atoms with E-state index in [-0.39, 0.29) is 16.8 Å². The average Bonchev–Trinajstić information content (AvgIpc) is 2.63. The van der Waals surface area contributed by atoms with Crippen molar-refractivity contribution in [1.29, 1.82) is 0 Å². The Labute approximate surface area is 147 Å². The van der Waals surface area contributed by atoms with E-state index in [1.54, 1.807) is 12.1 Å². The summed E-state index contributed by atoms with van der Waals surface area (Å²) in [6.45, 7) is 0. The maximum atomic E-state index is 12.5. The topological polar surface area (TPSA) is 59.3 Å². The average molecular weight is 350 g/mol. The number of benzene rings is 3. The van der Waals surface area contributed by atoms with E-state index in [1.807, 2.05) is 42.5 Å². The van der Waals surface area contributed by atoms with Crippen LogP contribution in [0.15, 0.2) is 69.9 Å². The molecule has 0 aliphatic rings. The Balaban J connectivity index is 1.86. The molecule has 3 aromatic carbocycles. The van der Waals surface area contributed by atoms with Gasteiger partial charge in [-0.05, 0) is 41.1 Å². The minimum absolute atomic E-state index is 0.0667. The smallest absolute Gasteiger partial charge is 0.212 e. The molecule has 5 heteroatoms. The van der Waals surface area contributed by atoms with Gasteiger partial charge in [0, 0.05) is 10.7 Å². The minimum Gasteiger partial charge on any atom is -0.439 e. The van der Waals surface area contributed by atoms with Crippen LogP contribution in [-0.2, 0) is 0 Å². The maximum absolute atomic E-state index is 12.5. The van der Waals surface area contributed by atoms with Gasteiger partial charge in [-0.3, -0.25) is 9.59 Å². The van der Waals surface area contributed by atoms with E-state index in [1.165, 1.54) is 6.07 Å². The van der Waals surface area contributed by atoms with Crippen molar-refractivity contribution >= 4 is 51.2 Å². The minimum atomic E-state index is -0.415. The number of hydrogen-bond donors (Lipinski definition) is 1. The summed E-state index contributed by atoms with van der Waals surface area (Å²) < 4.78 is 5.73. The van der Waals surface area contributed by atoms with E-state index in [0.717, 1.165) is 16.5 Å². The van der Waals surface area contributed by atoms with Gasteiger partial charge in [-0.15, -0.1) is 0 Å². The molecule has 0 aliphatic carbocycles. The lowest BCUT2D eigenvalue weighted by Gasteiger charge is -2.10. The largest absolute Gasteiger partial charge is 0.439 e. The zero-order valence-corrected chi connectivity index (χ0v) is 13.7. The molecule has 0 saturated heterocycles. The first-order chi connectivity index (χ1) is 12.2. The Bertz CT molecular complexity index is 1180. The lowest BCUT2D eigenvalue weighted by molar-refractivity contribution is 0.112. The number of fused-ring (bicyclic) bond motifs is 2. The molecular weight excluding hydrogens is 338 g/mol. The second kappa shape index (κ2) is 6.07. The second-order valence-electron chi connectivity index (χ2n) is 5.62. The summed E-state index contributed by atoms with van der Waals surface area (Å²) in [6.07, 6.45) is 0.496. The van der Waals surface area contributed by atoms with E-state index >= 15 is 0 Å². The van der Waals surface area contributed by atoms with Gasteiger partial charge in [0.25, 0.3) is 0 Å². The highest BCUT2D eigenvalue weighted by Gasteiger charge is 2.14. The van der Waals surface area contributed by atoms with Crippen molar-refractivity contribution in [3.8, 4) is 0 Å². The lowest BCUT2D eigenvalue weighted by atomic mass is 10.1. The van der Waals surface area contributed by atoms with Gasteiger partial charge in [0.2, 0.25) is 11.3 Å². The van der Waals surface area contributed by atoms with E-state index in [2.05, 4.69) is 5.32 Å². The van der Waals surface area contributed by atoms with Crippen LogP contribution in [-0.4, -0.2) is 6.29 Å². The van der Waals surface area contributed by atoms with Gasteiger partial charge in [0.15, 0.2) is 6.29 Å². The molecule has 4 nitrogen and oxygen atoms in total. The molecule has 0 amide bonds. The molecule has 0 aliphatic heterocycles. The number of aldehydes is 1. The molecule has 0 bridgehead atoms. The molecule has 122 valence electrons. The number of anilines is 2. The molecular formula is C20H12ClNO3. The molecule has 1 N–H and O–H groups in total. The molecule has 0 radical (unpaired) electrons. The monoisotopic (exact) mass is 349 g/mol. The van der Waals surface area contributed by atoms with Crippen molar-refractivity contribution in [2.75, 3.05) is 5.32 Å². The first-order valence-electron chi connectivity index (χ1n) is 7.63. The van der Waals surface area contributed by atoms with Crippen LogP contribution in [0.25, 0.3) is 21.7 Å². The van der Waals surface area contributed by atoms with Crippen molar-refractivity contribution in [2.24, 2.45) is 0 Å². The Hall–Kier alpha value is -3.11. The van der Waals surface area contributed by atoms with Crippen molar-refractivity contribution in [3.05, 3.63) is 81.5 Å². The van der Waals surface area contributed by atoms with Crippen LogP contribution in [0.2, 0.25) is 5.02 Å². The summed E-state index contributed by atoms with van der Waals surface area (Å²) in [7, 11) is 0. The van der Waals surface area contributed by atoms with Crippen LogP contribution in [0.4, 0.5) is 11.6 Å². The molecule has 25 heavy (non-hydrogen) atoms. The molecule has 0 atom stereocenters. The van der Waals surface area contributed by atoms with Crippen LogP contribution in [0.1, 0.15) is 10.4 Å². The van der Waals surface area contributed by atoms with Gasteiger partial charge in [0.1, 0.15) is 11.1 Å². The highest BCUT2D eigenvalue weighted by molar-refractivity contribution is 6.31. The Morgan fingerprint density at radius 1 is 0.960 bits per heavy atom. The van der Waals surface area contributed by atoms with Crippen molar-refractivity contribution < 1.29 is 9.21 Å². The SMILES string of the molecule is O=Cc1c(Nc2ccc3ccccc3c2)oc2ccc(Cl)cc2c1=O. The zero-order chi connectivity index (χ0) is 17.4. The fourth-order valence-corrected chi connectivity index (χ4v) is 2.95. The van der Waals surface area contributed by atoms with E-state index in [9.17, 15) is 9.59 Å². The first kappa shape index (κ1) is 15.4. The highest BCUT2D eigenvalue weighted by atomic mass is 35.5. The van der Waals surface area contributed by atoms with Crippen molar-refractivity contribution in [2.45, 2.75) is 0 Å². The van der Waals surface area contributed by atoms with Crippen LogP contribution in [0, 0.1) is 0 Å². The third-order valence-corrected chi connectivity index (χ3v) is 4.25. The quantitative estimate of drug-likeness (QED) is 0.519. The number of nitrogens with one attached hydrogen (secondary N) is 1. The number of carbonyl (C=O) groups is 1. The Kier molecular flexibility index (Phi) is 3.75. The summed E-state index contributed by atoms with van der Waals surface area (Å²) in [5.74, 6) is 0.116. The lowest BCUT2D eigenvalue weighted by Crippen LogP contribution is -2.11. The summed E-state index contributed by atoms with van der Waals surface area (Å²) in [6, 6.07) is 18.4. The molecule has 0 spiro atoms. The predicted octanol–water partition coefficient (Wildman–Crippen LogP) is 5.16. The van der Waals surface area contributed by atoms with Crippen molar-refractivity contribution in [3.63, 3.8) is 0 Å². The number of halogens is 1. The fraction of sp³-hybridized carbons (Fsp3) is 0. The van der Waals surface area contributed by atoms with Gasteiger partial charge >= 0.3 is 0 Å². The Morgan fingerprint density at radius 2 is 1.76 bits per heavy atom. The third kappa shape index (κ3) is 2.77. The van der Waals surface area contributed by atoms with Crippen LogP contribution >= 0.6 is 11.6 Å². The van der Waals surface area contributed by atoms with Crippen LogP contribution < -0.4 is 10.7 Å².